The summed E-state index contributed by atoms with van der Waals surface area (Å²) in [6.07, 6.45) is 2.05. The smallest absolute Gasteiger partial charge is 0.241 e. The van der Waals surface area contributed by atoms with E-state index in [1.165, 1.54) is 0 Å². The van der Waals surface area contributed by atoms with Gasteiger partial charge < -0.3 is 10.3 Å². The average molecular weight is 294 g/mol. The van der Waals surface area contributed by atoms with Crippen molar-refractivity contribution in [1.82, 2.24) is 15.0 Å². The van der Waals surface area contributed by atoms with Crippen molar-refractivity contribution in [2.45, 2.75) is 26.3 Å². The molecule has 2 rings (SSSR count). The lowest BCUT2D eigenvalue weighted by Gasteiger charge is -2.17. The molecule has 0 saturated carbocycles. The van der Waals surface area contributed by atoms with Gasteiger partial charge >= 0.3 is 0 Å². The lowest BCUT2D eigenvalue weighted by atomic mass is 10.3. The van der Waals surface area contributed by atoms with Crippen molar-refractivity contribution in [1.29, 1.82) is 0 Å². The van der Waals surface area contributed by atoms with Gasteiger partial charge in [-0.25, -0.2) is 0 Å². The molecule has 6 nitrogen and oxygen atoms in total. The first-order valence-corrected chi connectivity index (χ1v) is 7.49. The van der Waals surface area contributed by atoms with Gasteiger partial charge in [-0.2, -0.15) is 16.3 Å². The number of carbonyl (C=O) groups excluding carboxylic acids is 1. The molecule has 2 N–H and O–H groups in total. The van der Waals surface area contributed by atoms with Gasteiger partial charge in [-0.1, -0.05) is 18.5 Å². The van der Waals surface area contributed by atoms with Gasteiger partial charge in [0.05, 0.1) is 13.1 Å². The normalized spacial score (nSPS) is 11.1. The first-order valence-electron chi connectivity index (χ1n) is 6.55. The first-order chi connectivity index (χ1) is 9.69. The van der Waals surface area contributed by atoms with Gasteiger partial charge in [0.25, 0.3) is 0 Å². The van der Waals surface area contributed by atoms with E-state index in [1.807, 2.05) is 21.7 Å². The fourth-order valence-corrected chi connectivity index (χ4v) is 2.47. The number of unbranched alkanes of at least 4 members (excludes halogenated alkanes) is 1. The lowest BCUT2D eigenvalue weighted by Crippen LogP contribution is -2.34. The van der Waals surface area contributed by atoms with Crippen LogP contribution in [0, 0.1) is 0 Å². The minimum Gasteiger partial charge on any atom is -0.369 e. The highest BCUT2D eigenvalue weighted by atomic mass is 32.1. The van der Waals surface area contributed by atoms with Gasteiger partial charge in [0.2, 0.25) is 17.6 Å². The van der Waals surface area contributed by atoms with Gasteiger partial charge in [-0.05, 0) is 24.4 Å². The summed E-state index contributed by atoms with van der Waals surface area (Å²) in [5.41, 5.74) is 6.20. The van der Waals surface area contributed by atoms with Crippen molar-refractivity contribution in [2.24, 2.45) is 5.73 Å². The standard InChI is InChI=1S/C13H18N4O2S/c1-2-3-5-17(7-11(14)18)8-12-15-13(16-19-12)10-4-6-20-9-10/h4,6,9H,2-3,5,7-8H2,1H3,(H2,14,18). The predicted octanol–water partition coefficient (Wildman–Crippen LogP) is 1.89. The van der Waals surface area contributed by atoms with Crippen LogP contribution in [-0.2, 0) is 11.3 Å². The molecule has 7 heteroatoms. The quantitative estimate of drug-likeness (QED) is 0.803. The number of nitrogens with two attached hydrogens (primary N) is 1. The van der Waals surface area contributed by atoms with Crippen molar-refractivity contribution >= 4 is 17.2 Å². The molecule has 0 radical (unpaired) electrons. The maximum Gasteiger partial charge on any atom is 0.241 e. The molecule has 2 aromatic rings. The molecule has 0 spiro atoms. The molecule has 108 valence electrons. The van der Waals surface area contributed by atoms with Crippen molar-refractivity contribution in [3.63, 3.8) is 0 Å². The van der Waals surface area contributed by atoms with Crippen LogP contribution in [0.2, 0.25) is 0 Å². The van der Waals surface area contributed by atoms with Crippen molar-refractivity contribution in [3.8, 4) is 11.4 Å². The molecule has 0 unspecified atom stereocenters. The van der Waals surface area contributed by atoms with Gasteiger partial charge in [0, 0.05) is 10.9 Å². The van der Waals surface area contributed by atoms with E-state index in [0.717, 1.165) is 24.9 Å². The maximum absolute atomic E-state index is 11.1. The van der Waals surface area contributed by atoms with Crippen LogP contribution < -0.4 is 5.73 Å². The Morgan fingerprint density at radius 1 is 1.55 bits per heavy atom. The van der Waals surface area contributed by atoms with E-state index in [4.69, 9.17) is 10.3 Å². The molecule has 0 atom stereocenters. The van der Waals surface area contributed by atoms with Gasteiger partial charge in [0.1, 0.15) is 0 Å². The number of carbonyl (C=O) groups is 1. The molecule has 1 amide bonds. The van der Waals surface area contributed by atoms with Gasteiger partial charge in [0.15, 0.2) is 0 Å². The summed E-state index contributed by atoms with van der Waals surface area (Å²) >= 11 is 1.58. The van der Waals surface area contributed by atoms with Gasteiger partial charge in [-0.15, -0.1) is 0 Å². The molecule has 0 aliphatic heterocycles. The van der Waals surface area contributed by atoms with Crippen LogP contribution in [0.5, 0.6) is 0 Å². The van der Waals surface area contributed by atoms with E-state index in [1.54, 1.807) is 11.3 Å². The molecule has 0 aliphatic carbocycles. The highest BCUT2D eigenvalue weighted by Gasteiger charge is 2.14. The van der Waals surface area contributed by atoms with Crippen molar-refractivity contribution < 1.29 is 9.32 Å². The number of thiophene rings is 1. The van der Waals surface area contributed by atoms with Crippen LogP contribution >= 0.6 is 11.3 Å². The van der Waals surface area contributed by atoms with E-state index in [9.17, 15) is 4.79 Å². The highest BCUT2D eigenvalue weighted by molar-refractivity contribution is 7.08. The van der Waals surface area contributed by atoms with Gasteiger partial charge in [-0.3, -0.25) is 9.69 Å². The molecule has 0 aliphatic rings. The highest BCUT2D eigenvalue weighted by Crippen LogP contribution is 2.19. The van der Waals surface area contributed by atoms with Crippen LogP contribution in [0.1, 0.15) is 25.7 Å². The second-order valence-corrected chi connectivity index (χ2v) is 5.33. The third kappa shape index (κ3) is 4.14. The third-order valence-corrected chi connectivity index (χ3v) is 3.50. The van der Waals surface area contributed by atoms with Crippen LogP contribution in [0.15, 0.2) is 21.3 Å². The van der Waals surface area contributed by atoms with Crippen molar-refractivity contribution in [2.75, 3.05) is 13.1 Å². The molecule has 20 heavy (non-hydrogen) atoms. The summed E-state index contributed by atoms with van der Waals surface area (Å²) in [7, 11) is 0. The minimum atomic E-state index is -0.348. The van der Waals surface area contributed by atoms with E-state index in [0.29, 0.717) is 18.3 Å². The average Bonchev–Trinajstić information content (AvgIpc) is 3.05. The Labute approximate surface area is 121 Å². The molecule has 0 bridgehead atoms. The monoisotopic (exact) mass is 294 g/mol. The number of amides is 1. The number of aromatic nitrogens is 2. The zero-order valence-electron chi connectivity index (χ0n) is 11.4. The summed E-state index contributed by atoms with van der Waals surface area (Å²) in [6.45, 7) is 3.54. The Balaban J connectivity index is 2.00. The Bertz CT molecular complexity index is 538. The number of rotatable bonds is 8. The summed E-state index contributed by atoms with van der Waals surface area (Å²) in [5, 5.41) is 7.88. The minimum absolute atomic E-state index is 0.205. The zero-order chi connectivity index (χ0) is 14.4. The molecule has 0 aromatic carbocycles. The Morgan fingerprint density at radius 2 is 2.40 bits per heavy atom. The number of hydrogen-bond donors (Lipinski definition) is 1. The second-order valence-electron chi connectivity index (χ2n) is 4.55. The molecular formula is C13H18N4O2S. The number of nitrogens with zero attached hydrogens (tertiary/aromatic N) is 3. The van der Waals surface area contributed by atoms with Crippen molar-refractivity contribution in [3.05, 3.63) is 22.7 Å². The predicted molar refractivity (Wildman–Crippen MR) is 77.0 cm³/mol. The van der Waals surface area contributed by atoms with Crippen LogP contribution in [0.3, 0.4) is 0 Å². The van der Waals surface area contributed by atoms with Crippen LogP contribution in [0.4, 0.5) is 0 Å². The summed E-state index contributed by atoms with van der Waals surface area (Å²) in [4.78, 5) is 17.3. The first kappa shape index (κ1) is 14.7. The molecule has 2 heterocycles. The number of hydrogen-bond acceptors (Lipinski definition) is 6. The summed E-state index contributed by atoms with van der Waals surface area (Å²) in [5.74, 6) is 0.734. The lowest BCUT2D eigenvalue weighted by molar-refractivity contribution is -0.119. The van der Waals surface area contributed by atoms with Crippen LogP contribution in [0.25, 0.3) is 11.4 Å². The number of primary amides is 1. The maximum atomic E-state index is 11.1. The zero-order valence-corrected chi connectivity index (χ0v) is 12.2. The Hall–Kier alpha value is -1.73. The largest absolute Gasteiger partial charge is 0.369 e. The molecule has 0 fully saturated rings. The third-order valence-electron chi connectivity index (χ3n) is 2.81. The summed E-state index contributed by atoms with van der Waals surface area (Å²) in [6, 6.07) is 1.94. The Morgan fingerprint density at radius 3 is 3.05 bits per heavy atom. The van der Waals surface area contributed by atoms with E-state index in [-0.39, 0.29) is 12.5 Å². The fraction of sp³-hybridized carbons (Fsp3) is 0.462. The molecular weight excluding hydrogens is 276 g/mol. The Kier molecular flexibility index (Phi) is 5.25. The fourth-order valence-electron chi connectivity index (χ4n) is 1.84. The summed E-state index contributed by atoms with van der Waals surface area (Å²) < 4.78 is 5.23. The second kappa shape index (κ2) is 7.16. The topological polar surface area (TPSA) is 85.2 Å². The van der Waals surface area contributed by atoms with E-state index < -0.39 is 0 Å². The molecule has 0 saturated heterocycles. The van der Waals surface area contributed by atoms with Crippen LogP contribution in [-0.4, -0.2) is 34.0 Å². The molecule has 2 aromatic heterocycles. The SMILES string of the molecule is CCCCN(CC(N)=O)Cc1nc(-c2ccsc2)no1. The van der Waals surface area contributed by atoms with E-state index >= 15 is 0 Å². The van der Waals surface area contributed by atoms with E-state index in [2.05, 4.69) is 17.1 Å².